The van der Waals surface area contributed by atoms with Crippen LogP contribution in [-0.4, -0.2) is 50.9 Å². The average Bonchev–Trinajstić information content (AvgIpc) is 3.20. The molecule has 30 heavy (non-hydrogen) atoms. The molecule has 0 bridgehead atoms. The monoisotopic (exact) mass is 408 g/mol. The molecule has 3 aromatic rings. The zero-order valence-electron chi connectivity index (χ0n) is 17.6. The zero-order valence-corrected chi connectivity index (χ0v) is 17.6. The van der Waals surface area contributed by atoms with Gasteiger partial charge in [-0.05, 0) is 49.8 Å². The Kier molecular flexibility index (Phi) is 4.50. The molecule has 2 aliphatic rings. The van der Waals surface area contributed by atoms with E-state index < -0.39 is 0 Å². The molecule has 1 fully saturated rings. The van der Waals surface area contributed by atoms with Crippen molar-refractivity contribution in [3.8, 4) is 0 Å². The second kappa shape index (κ2) is 7.09. The Morgan fingerprint density at radius 2 is 2.07 bits per heavy atom. The van der Waals surface area contributed by atoms with Crippen LogP contribution >= 0.6 is 0 Å². The van der Waals surface area contributed by atoms with Crippen molar-refractivity contribution in [2.24, 2.45) is 18.2 Å². The smallest absolute Gasteiger partial charge is 0.268 e. The van der Waals surface area contributed by atoms with Crippen LogP contribution in [0.5, 0.6) is 0 Å². The van der Waals surface area contributed by atoms with E-state index >= 15 is 0 Å². The number of fused-ring (bicyclic) bond motifs is 2. The molecule has 5 heterocycles. The van der Waals surface area contributed by atoms with Gasteiger partial charge in [0.2, 0.25) is 5.95 Å². The number of aromatic amines is 1. The fraction of sp³-hybridized carbons (Fsp3) is 0.524. The van der Waals surface area contributed by atoms with Gasteiger partial charge in [-0.1, -0.05) is 6.92 Å². The van der Waals surface area contributed by atoms with Crippen LogP contribution in [0.3, 0.4) is 0 Å². The number of nitrogens with one attached hydrogen (secondary N) is 1. The van der Waals surface area contributed by atoms with E-state index in [1.165, 1.54) is 0 Å². The third kappa shape index (κ3) is 2.96. The predicted octanol–water partition coefficient (Wildman–Crippen LogP) is 1.70. The summed E-state index contributed by atoms with van der Waals surface area (Å²) in [6.45, 7) is 5.39. The highest BCUT2D eigenvalue weighted by Gasteiger charge is 2.31. The number of anilines is 3. The number of H-pyrrole nitrogens is 1. The fourth-order valence-corrected chi connectivity index (χ4v) is 4.58. The standard InChI is InChI=1S/C21H28N8O/c1-21(13-22)7-11-28(12-8-21)20-24-17-16(19(30)27(20)2)18(26-25-17)29-10-4-5-14-15(29)6-3-9-23-14/h3,6,9H,4-5,7-8,10-13,22H2,1-2H3,(H,25,26). The highest BCUT2D eigenvalue weighted by Crippen LogP contribution is 2.35. The van der Waals surface area contributed by atoms with E-state index in [0.29, 0.717) is 29.3 Å². The number of aryl methyl sites for hydroxylation is 1. The van der Waals surface area contributed by atoms with Crippen LogP contribution in [0.1, 0.15) is 31.9 Å². The second-order valence-electron chi connectivity index (χ2n) is 8.77. The summed E-state index contributed by atoms with van der Waals surface area (Å²) in [7, 11) is 1.79. The van der Waals surface area contributed by atoms with Crippen molar-refractivity contribution in [1.29, 1.82) is 0 Å². The molecule has 1 saturated heterocycles. The maximum absolute atomic E-state index is 13.4. The first-order valence-electron chi connectivity index (χ1n) is 10.6. The molecule has 3 N–H and O–H groups in total. The first-order chi connectivity index (χ1) is 14.5. The lowest BCUT2D eigenvalue weighted by molar-refractivity contribution is 0.256. The summed E-state index contributed by atoms with van der Waals surface area (Å²) in [5, 5.41) is 8.04. The van der Waals surface area contributed by atoms with Gasteiger partial charge in [0.15, 0.2) is 11.5 Å². The number of rotatable bonds is 3. The third-order valence-corrected chi connectivity index (χ3v) is 6.71. The van der Waals surface area contributed by atoms with Crippen LogP contribution in [0.2, 0.25) is 0 Å². The molecule has 0 radical (unpaired) electrons. The van der Waals surface area contributed by atoms with Gasteiger partial charge < -0.3 is 15.5 Å². The predicted molar refractivity (Wildman–Crippen MR) is 117 cm³/mol. The molecule has 0 atom stereocenters. The number of piperidine rings is 1. The topological polar surface area (TPSA) is 109 Å². The van der Waals surface area contributed by atoms with Crippen LogP contribution in [0.4, 0.5) is 17.5 Å². The molecule has 0 spiro atoms. The number of aromatic nitrogens is 5. The van der Waals surface area contributed by atoms with Gasteiger partial charge in [-0.25, -0.2) is 0 Å². The van der Waals surface area contributed by atoms with E-state index in [1.807, 2.05) is 18.3 Å². The van der Waals surface area contributed by atoms with E-state index in [-0.39, 0.29) is 11.0 Å². The SMILES string of the molecule is Cn1c(N2CCC(C)(CN)CC2)nc2[nH]nc(N3CCCc4ncccc43)c2c1=O. The number of pyridine rings is 1. The summed E-state index contributed by atoms with van der Waals surface area (Å²) < 4.78 is 1.65. The molecule has 0 aromatic carbocycles. The van der Waals surface area contributed by atoms with Gasteiger partial charge in [-0.2, -0.15) is 10.1 Å². The lowest BCUT2D eigenvalue weighted by Crippen LogP contribution is -2.44. The Balaban J connectivity index is 1.55. The van der Waals surface area contributed by atoms with Crippen LogP contribution in [0, 0.1) is 5.41 Å². The summed E-state index contributed by atoms with van der Waals surface area (Å²) in [4.78, 5) is 27.0. The van der Waals surface area contributed by atoms with Crippen molar-refractivity contribution in [1.82, 2.24) is 24.7 Å². The Morgan fingerprint density at radius 1 is 1.27 bits per heavy atom. The van der Waals surface area contributed by atoms with Crippen molar-refractivity contribution in [3.05, 3.63) is 34.4 Å². The molecule has 3 aromatic heterocycles. The molecule has 9 heteroatoms. The minimum Gasteiger partial charge on any atom is -0.342 e. The number of hydrogen-bond acceptors (Lipinski definition) is 7. The van der Waals surface area contributed by atoms with Crippen molar-refractivity contribution >= 4 is 28.5 Å². The molecular formula is C21H28N8O. The van der Waals surface area contributed by atoms with Crippen LogP contribution in [-0.2, 0) is 13.5 Å². The normalized spacial score (nSPS) is 18.6. The Morgan fingerprint density at radius 3 is 2.83 bits per heavy atom. The van der Waals surface area contributed by atoms with E-state index in [9.17, 15) is 4.79 Å². The molecule has 0 amide bonds. The lowest BCUT2D eigenvalue weighted by Gasteiger charge is -2.39. The van der Waals surface area contributed by atoms with Gasteiger partial charge in [0.1, 0.15) is 5.39 Å². The molecule has 0 saturated carbocycles. The first kappa shape index (κ1) is 19.0. The van der Waals surface area contributed by atoms with Gasteiger partial charge in [0, 0.05) is 32.9 Å². The highest BCUT2D eigenvalue weighted by molar-refractivity contribution is 5.90. The average molecular weight is 409 g/mol. The maximum atomic E-state index is 13.4. The van der Waals surface area contributed by atoms with Crippen molar-refractivity contribution in [2.45, 2.75) is 32.6 Å². The lowest BCUT2D eigenvalue weighted by atomic mass is 9.81. The van der Waals surface area contributed by atoms with Crippen molar-refractivity contribution < 1.29 is 0 Å². The van der Waals surface area contributed by atoms with Gasteiger partial charge in [0.05, 0.1) is 11.4 Å². The molecular weight excluding hydrogens is 380 g/mol. The summed E-state index contributed by atoms with van der Waals surface area (Å²) in [5.41, 5.74) is 8.61. The van der Waals surface area contributed by atoms with Crippen LogP contribution < -0.4 is 21.1 Å². The number of hydrogen-bond donors (Lipinski definition) is 2. The molecule has 5 rings (SSSR count). The number of nitrogens with two attached hydrogens (primary N) is 1. The minimum absolute atomic E-state index is 0.0816. The van der Waals surface area contributed by atoms with E-state index in [1.54, 1.807) is 11.6 Å². The minimum atomic E-state index is -0.0816. The molecule has 0 aliphatic carbocycles. The molecule has 0 unspecified atom stereocenters. The summed E-state index contributed by atoms with van der Waals surface area (Å²) in [6, 6.07) is 3.96. The maximum Gasteiger partial charge on any atom is 0.268 e. The van der Waals surface area contributed by atoms with Gasteiger partial charge in [-0.3, -0.25) is 19.4 Å². The Bertz CT molecular complexity index is 1140. The van der Waals surface area contributed by atoms with Crippen LogP contribution in [0.15, 0.2) is 23.1 Å². The van der Waals surface area contributed by atoms with Crippen LogP contribution in [0.25, 0.3) is 11.0 Å². The molecule has 158 valence electrons. The van der Waals surface area contributed by atoms with Crippen molar-refractivity contribution in [3.63, 3.8) is 0 Å². The summed E-state index contributed by atoms with van der Waals surface area (Å²) in [6.07, 6.45) is 5.70. The Labute approximate surface area is 174 Å². The number of nitrogens with zero attached hydrogens (tertiary/aromatic N) is 6. The molecule has 9 nitrogen and oxygen atoms in total. The zero-order chi connectivity index (χ0) is 20.9. The quantitative estimate of drug-likeness (QED) is 0.679. The van der Waals surface area contributed by atoms with Gasteiger partial charge in [0.25, 0.3) is 5.56 Å². The second-order valence-corrected chi connectivity index (χ2v) is 8.77. The van der Waals surface area contributed by atoms with Gasteiger partial charge in [-0.15, -0.1) is 0 Å². The largest absolute Gasteiger partial charge is 0.342 e. The van der Waals surface area contributed by atoms with E-state index in [2.05, 4.69) is 31.9 Å². The highest BCUT2D eigenvalue weighted by atomic mass is 16.1. The first-order valence-corrected chi connectivity index (χ1v) is 10.6. The summed E-state index contributed by atoms with van der Waals surface area (Å²) >= 11 is 0. The Hall–Kier alpha value is -2.94. The van der Waals surface area contributed by atoms with E-state index in [0.717, 1.165) is 56.7 Å². The van der Waals surface area contributed by atoms with Gasteiger partial charge >= 0.3 is 0 Å². The summed E-state index contributed by atoms with van der Waals surface area (Å²) in [5.74, 6) is 1.32. The van der Waals surface area contributed by atoms with Crippen molar-refractivity contribution in [2.75, 3.05) is 36.0 Å². The third-order valence-electron chi connectivity index (χ3n) is 6.71. The van der Waals surface area contributed by atoms with E-state index in [4.69, 9.17) is 10.7 Å². The molecule has 2 aliphatic heterocycles. The fourth-order valence-electron chi connectivity index (χ4n) is 4.58.